The number of anilines is 2. The second kappa shape index (κ2) is 9.89. The van der Waals surface area contributed by atoms with E-state index in [0.717, 1.165) is 31.3 Å². The van der Waals surface area contributed by atoms with Crippen LogP contribution in [-0.2, 0) is 4.79 Å². The summed E-state index contributed by atoms with van der Waals surface area (Å²) in [4.78, 5) is 35.7. The van der Waals surface area contributed by atoms with Crippen molar-refractivity contribution in [1.82, 2.24) is 15.6 Å². The quantitative estimate of drug-likeness (QED) is 0.620. The van der Waals surface area contributed by atoms with Crippen molar-refractivity contribution in [3.63, 3.8) is 0 Å². The Morgan fingerprint density at radius 1 is 1.27 bits per heavy atom. The van der Waals surface area contributed by atoms with Crippen LogP contribution in [0.1, 0.15) is 43.5 Å². The molecule has 9 heteroatoms. The molecule has 1 aliphatic heterocycles. The van der Waals surface area contributed by atoms with Crippen molar-refractivity contribution in [2.24, 2.45) is 5.92 Å². The molecule has 1 saturated carbocycles. The molecule has 0 unspecified atom stereocenters. The molecule has 1 aliphatic carbocycles. The summed E-state index contributed by atoms with van der Waals surface area (Å²) in [7, 11) is 0. The third-order valence-electron chi connectivity index (χ3n) is 5.99. The van der Waals surface area contributed by atoms with Gasteiger partial charge in [0.15, 0.2) is 5.13 Å². The lowest BCUT2D eigenvalue weighted by molar-refractivity contribution is -0.123. The highest BCUT2D eigenvalue weighted by Gasteiger charge is 2.47. The van der Waals surface area contributed by atoms with Crippen LogP contribution >= 0.6 is 11.3 Å². The Hall–Kier alpha value is -2.96. The lowest BCUT2D eigenvalue weighted by Gasteiger charge is -2.31. The van der Waals surface area contributed by atoms with Gasteiger partial charge < -0.3 is 15.5 Å². The zero-order chi connectivity index (χ0) is 23.4. The monoisotopic (exact) mass is 466 g/mol. The van der Waals surface area contributed by atoms with Crippen LogP contribution in [0.25, 0.3) is 0 Å². The first-order valence-electron chi connectivity index (χ1n) is 11.5. The summed E-state index contributed by atoms with van der Waals surface area (Å²) in [5.74, 6) is 0.0689. The van der Waals surface area contributed by atoms with E-state index in [1.54, 1.807) is 12.1 Å². The fourth-order valence-electron chi connectivity index (χ4n) is 3.98. The number of aromatic nitrogens is 1. The largest absolute Gasteiger partial charge is 0.345 e. The van der Waals surface area contributed by atoms with E-state index in [1.165, 1.54) is 16.2 Å². The molecule has 33 heavy (non-hydrogen) atoms. The van der Waals surface area contributed by atoms with Crippen LogP contribution in [0, 0.1) is 17.2 Å². The normalized spacial score (nSPS) is 17.8. The number of carbonyl (C=O) groups excluding carboxylic acids is 2. The number of nitriles is 1. The summed E-state index contributed by atoms with van der Waals surface area (Å²) in [5, 5.41) is 18.4. The Morgan fingerprint density at radius 3 is 2.58 bits per heavy atom. The minimum absolute atomic E-state index is 0.162. The van der Waals surface area contributed by atoms with Crippen LogP contribution in [0.15, 0.2) is 35.7 Å². The molecule has 1 saturated heterocycles. The van der Waals surface area contributed by atoms with Crippen molar-refractivity contribution in [3.05, 3.63) is 41.3 Å². The summed E-state index contributed by atoms with van der Waals surface area (Å²) < 4.78 is 0. The number of carbonyl (C=O) groups is 2. The zero-order valence-corrected chi connectivity index (χ0v) is 19.9. The van der Waals surface area contributed by atoms with Crippen molar-refractivity contribution in [2.75, 3.05) is 36.0 Å². The molecule has 8 nitrogen and oxygen atoms in total. The van der Waals surface area contributed by atoms with E-state index < -0.39 is 11.6 Å². The Labute approximate surface area is 198 Å². The SMILES string of the molecule is CC(C)C[C@@H](C(=O)NC1(C#N)CC1)N(C(=O)c1ccccc1)c1csc(N2CCNCC2)n1. The van der Waals surface area contributed by atoms with E-state index in [4.69, 9.17) is 4.98 Å². The number of thiazole rings is 1. The maximum atomic E-state index is 13.7. The second-order valence-electron chi connectivity index (χ2n) is 9.10. The second-order valence-corrected chi connectivity index (χ2v) is 9.93. The summed E-state index contributed by atoms with van der Waals surface area (Å²) in [6.07, 6.45) is 1.74. The standard InChI is InChI=1S/C24H30N6O2S/c1-17(2)14-19(21(31)28-24(16-25)8-9-24)30(22(32)18-6-4-3-5-7-18)20-15-33-23(27-20)29-12-10-26-11-13-29/h3-7,15,17,19,26H,8-14H2,1-2H3,(H,28,31)/t19-/m0/s1. The van der Waals surface area contributed by atoms with Gasteiger partial charge in [0.05, 0.1) is 6.07 Å². The van der Waals surface area contributed by atoms with Gasteiger partial charge in [0.1, 0.15) is 17.4 Å². The van der Waals surface area contributed by atoms with Crippen molar-refractivity contribution in [1.29, 1.82) is 5.26 Å². The molecule has 0 spiro atoms. The fourth-order valence-corrected chi connectivity index (χ4v) is 4.83. The Bertz CT molecular complexity index is 1020. The Morgan fingerprint density at radius 2 is 1.97 bits per heavy atom. The van der Waals surface area contributed by atoms with Gasteiger partial charge in [-0.25, -0.2) is 4.98 Å². The van der Waals surface area contributed by atoms with Gasteiger partial charge in [0.25, 0.3) is 5.91 Å². The first-order chi connectivity index (χ1) is 15.9. The van der Waals surface area contributed by atoms with Crippen LogP contribution in [-0.4, -0.2) is 54.6 Å². The summed E-state index contributed by atoms with van der Waals surface area (Å²) in [6.45, 7) is 7.51. The van der Waals surface area contributed by atoms with Crippen LogP contribution in [0.4, 0.5) is 10.9 Å². The van der Waals surface area contributed by atoms with Crippen LogP contribution in [0.2, 0.25) is 0 Å². The Kier molecular flexibility index (Phi) is 6.96. The van der Waals surface area contributed by atoms with Gasteiger partial charge in [0.2, 0.25) is 5.91 Å². The average Bonchev–Trinajstić information content (AvgIpc) is 3.44. The summed E-state index contributed by atoms with van der Waals surface area (Å²) in [6, 6.07) is 10.4. The lowest BCUT2D eigenvalue weighted by Crippen LogP contribution is -2.53. The minimum atomic E-state index is -0.804. The molecule has 4 rings (SSSR count). The van der Waals surface area contributed by atoms with Gasteiger partial charge in [-0.2, -0.15) is 5.26 Å². The highest BCUT2D eigenvalue weighted by Crippen LogP contribution is 2.35. The van der Waals surface area contributed by atoms with Gasteiger partial charge in [-0.1, -0.05) is 32.0 Å². The number of amides is 2. The van der Waals surface area contributed by atoms with Crippen molar-refractivity contribution < 1.29 is 9.59 Å². The molecule has 0 radical (unpaired) electrons. The van der Waals surface area contributed by atoms with Crippen molar-refractivity contribution >= 4 is 34.1 Å². The minimum Gasteiger partial charge on any atom is -0.345 e. The molecule has 1 atom stereocenters. The first kappa shape index (κ1) is 23.2. The molecule has 2 aliphatic rings. The number of hydrogen-bond donors (Lipinski definition) is 2. The van der Waals surface area contributed by atoms with Crippen LogP contribution in [0.5, 0.6) is 0 Å². The number of rotatable bonds is 8. The third kappa shape index (κ3) is 5.34. The van der Waals surface area contributed by atoms with E-state index in [-0.39, 0.29) is 17.7 Å². The first-order valence-corrected chi connectivity index (χ1v) is 12.3. The molecule has 2 amide bonds. The highest BCUT2D eigenvalue weighted by molar-refractivity contribution is 7.14. The highest BCUT2D eigenvalue weighted by atomic mass is 32.1. The van der Waals surface area contributed by atoms with Gasteiger partial charge in [-0.15, -0.1) is 11.3 Å². The van der Waals surface area contributed by atoms with E-state index in [2.05, 4.69) is 21.6 Å². The zero-order valence-electron chi connectivity index (χ0n) is 19.1. The Balaban J connectivity index is 1.70. The molecule has 2 aromatic rings. The topological polar surface area (TPSA) is 101 Å². The molecule has 1 aromatic heterocycles. The molecule has 2 N–H and O–H groups in total. The van der Waals surface area contributed by atoms with Gasteiger partial charge in [-0.05, 0) is 37.3 Å². The van der Waals surface area contributed by atoms with Crippen molar-refractivity contribution in [3.8, 4) is 6.07 Å². The number of hydrogen-bond acceptors (Lipinski definition) is 7. The molecular weight excluding hydrogens is 436 g/mol. The summed E-state index contributed by atoms with van der Waals surface area (Å²) in [5.41, 5.74) is -0.306. The number of nitrogens with one attached hydrogen (secondary N) is 2. The predicted octanol–water partition coefficient (Wildman–Crippen LogP) is 2.79. The number of benzene rings is 1. The van der Waals surface area contributed by atoms with E-state index in [0.29, 0.717) is 30.6 Å². The maximum Gasteiger partial charge on any atom is 0.260 e. The number of piperazine rings is 1. The van der Waals surface area contributed by atoms with E-state index in [9.17, 15) is 14.9 Å². The van der Waals surface area contributed by atoms with Crippen LogP contribution in [0.3, 0.4) is 0 Å². The lowest BCUT2D eigenvalue weighted by atomic mass is 10.00. The van der Waals surface area contributed by atoms with Gasteiger partial charge in [-0.3, -0.25) is 14.5 Å². The van der Waals surface area contributed by atoms with E-state index in [1.807, 2.05) is 37.4 Å². The molecule has 2 fully saturated rings. The third-order valence-corrected chi connectivity index (χ3v) is 6.88. The predicted molar refractivity (Wildman–Crippen MR) is 129 cm³/mol. The average molecular weight is 467 g/mol. The van der Waals surface area contributed by atoms with Crippen LogP contribution < -0.4 is 20.4 Å². The van der Waals surface area contributed by atoms with Gasteiger partial charge in [0, 0.05) is 37.1 Å². The molecule has 1 aromatic carbocycles. The van der Waals surface area contributed by atoms with Crippen molar-refractivity contribution in [2.45, 2.75) is 44.7 Å². The molecule has 2 heterocycles. The fraction of sp³-hybridized carbons (Fsp3) is 0.500. The number of nitrogens with zero attached hydrogens (tertiary/aromatic N) is 4. The molecule has 174 valence electrons. The molecule has 0 bridgehead atoms. The molecular formula is C24H30N6O2S. The van der Waals surface area contributed by atoms with Gasteiger partial charge >= 0.3 is 0 Å². The van der Waals surface area contributed by atoms with E-state index >= 15 is 0 Å². The smallest absolute Gasteiger partial charge is 0.260 e. The summed E-state index contributed by atoms with van der Waals surface area (Å²) >= 11 is 1.48. The maximum absolute atomic E-state index is 13.7.